The van der Waals surface area contributed by atoms with Gasteiger partial charge in [0.2, 0.25) is 5.91 Å². The highest BCUT2D eigenvalue weighted by molar-refractivity contribution is 5.76. The first-order valence-corrected chi connectivity index (χ1v) is 4.74. The number of methoxy groups -OCH3 is 1. The second-order valence-corrected chi connectivity index (χ2v) is 2.95. The Kier molecular flexibility index (Phi) is 8.17. The molecule has 0 aromatic heterocycles. The number of rotatable bonds is 8. The van der Waals surface area contributed by atoms with Crippen molar-refractivity contribution in [3.8, 4) is 0 Å². The summed E-state index contributed by atoms with van der Waals surface area (Å²) in [6, 6.07) is 0. The topological polar surface area (TPSA) is 49.8 Å². The van der Waals surface area contributed by atoms with Crippen LogP contribution in [-0.2, 0) is 9.53 Å². The molecule has 0 atom stereocenters. The molecule has 0 fully saturated rings. The predicted octanol–water partition coefficient (Wildman–Crippen LogP) is 0.420. The van der Waals surface area contributed by atoms with Crippen molar-refractivity contribution >= 4 is 5.91 Å². The molecular formula is C10H19NO3. The quantitative estimate of drug-likeness (QED) is 0.579. The van der Waals surface area contributed by atoms with E-state index in [0.29, 0.717) is 32.5 Å². The zero-order valence-electron chi connectivity index (χ0n) is 8.74. The van der Waals surface area contributed by atoms with Gasteiger partial charge in [-0.1, -0.05) is 6.08 Å². The van der Waals surface area contributed by atoms with Crippen LogP contribution in [0.2, 0.25) is 0 Å². The van der Waals surface area contributed by atoms with Crippen molar-refractivity contribution in [2.45, 2.75) is 12.8 Å². The highest BCUT2D eigenvalue weighted by Gasteiger charge is 2.10. The average molecular weight is 201 g/mol. The maximum absolute atomic E-state index is 11.5. The standard InChI is InChI=1S/C10H19NO3/c1-3-6-11(7-9-14-2)10(13)5-4-8-12/h3,12H,1,4-9H2,2H3. The second kappa shape index (κ2) is 8.72. The molecule has 0 saturated heterocycles. The fourth-order valence-corrected chi connectivity index (χ4v) is 1.06. The minimum atomic E-state index is 0.0380. The number of hydrogen-bond acceptors (Lipinski definition) is 3. The number of amides is 1. The van der Waals surface area contributed by atoms with E-state index in [1.54, 1.807) is 18.1 Å². The third kappa shape index (κ3) is 5.72. The molecule has 1 amide bonds. The van der Waals surface area contributed by atoms with Crippen LogP contribution in [0.3, 0.4) is 0 Å². The summed E-state index contributed by atoms with van der Waals surface area (Å²) < 4.78 is 4.90. The molecule has 14 heavy (non-hydrogen) atoms. The Morgan fingerprint density at radius 1 is 1.64 bits per heavy atom. The Labute approximate surface area is 85.2 Å². The molecule has 0 spiro atoms. The Hall–Kier alpha value is -0.870. The second-order valence-electron chi connectivity index (χ2n) is 2.95. The van der Waals surface area contributed by atoms with Gasteiger partial charge < -0.3 is 14.7 Å². The summed E-state index contributed by atoms with van der Waals surface area (Å²) >= 11 is 0. The van der Waals surface area contributed by atoms with E-state index in [1.807, 2.05) is 0 Å². The highest BCUT2D eigenvalue weighted by Crippen LogP contribution is 1.98. The van der Waals surface area contributed by atoms with E-state index in [4.69, 9.17) is 9.84 Å². The monoisotopic (exact) mass is 201 g/mol. The molecule has 4 nitrogen and oxygen atoms in total. The molecule has 0 radical (unpaired) electrons. The summed E-state index contributed by atoms with van der Waals surface area (Å²) in [5.74, 6) is 0.0380. The molecule has 0 aliphatic carbocycles. The molecule has 0 saturated carbocycles. The van der Waals surface area contributed by atoms with Crippen LogP contribution in [0, 0.1) is 0 Å². The van der Waals surface area contributed by atoms with Crippen LogP contribution in [0.15, 0.2) is 12.7 Å². The lowest BCUT2D eigenvalue weighted by Crippen LogP contribution is -2.33. The van der Waals surface area contributed by atoms with Gasteiger partial charge in [0.1, 0.15) is 0 Å². The number of carbonyl (C=O) groups is 1. The SMILES string of the molecule is C=CCN(CCOC)C(=O)CCCO. The number of aliphatic hydroxyl groups is 1. The van der Waals surface area contributed by atoms with E-state index in [2.05, 4.69) is 6.58 Å². The van der Waals surface area contributed by atoms with Gasteiger partial charge in [-0.15, -0.1) is 6.58 Å². The molecule has 0 rings (SSSR count). The van der Waals surface area contributed by atoms with Crippen molar-refractivity contribution in [2.24, 2.45) is 0 Å². The molecule has 4 heteroatoms. The molecule has 0 bridgehead atoms. The Balaban J connectivity index is 3.90. The van der Waals surface area contributed by atoms with Crippen LogP contribution in [-0.4, -0.2) is 49.3 Å². The molecule has 0 aromatic rings. The van der Waals surface area contributed by atoms with Gasteiger partial charge in [-0.25, -0.2) is 0 Å². The van der Waals surface area contributed by atoms with Crippen LogP contribution in [0.5, 0.6) is 0 Å². The zero-order chi connectivity index (χ0) is 10.8. The molecule has 0 aliphatic rings. The first-order chi connectivity index (χ1) is 6.76. The van der Waals surface area contributed by atoms with Gasteiger partial charge in [0.15, 0.2) is 0 Å². The third-order valence-corrected chi connectivity index (χ3v) is 1.82. The summed E-state index contributed by atoms with van der Waals surface area (Å²) in [7, 11) is 1.60. The van der Waals surface area contributed by atoms with Crippen LogP contribution in [0.4, 0.5) is 0 Å². The van der Waals surface area contributed by atoms with E-state index < -0.39 is 0 Å². The normalized spacial score (nSPS) is 9.86. The minimum Gasteiger partial charge on any atom is -0.396 e. The smallest absolute Gasteiger partial charge is 0.223 e. The molecule has 1 N–H and O–H groups in total. The van der Waals surface area contributed by atoms with Crippen LogP contribution < -0.4 is 0 Å². The summed E-state index contributed by atoms with van der Waals surface area (Å²) in [5.41, 5.74) is 0. The van der Waals surface area contributed by atoms with Crippen molar-refractivity contribution in [2.75, 3.05) is 33.4 Å². The molecule has 82 valence electrons. The predicted molar refractivity (Wildman–Crippen MR) is 55.0 cm³/mol. The molecular weight excluding hydrogens is 182 g/mol. The summed E-state index contributed by atoms with van der Waals surface area (Å²) in [4.78, 5) is 13.2. The van der Waals surface area contributed by atoms with Crippen molar-refractivity contribution < 1.29 is 14.6 Å². The van der Waals surface area contributed by atoms with Crippen LogP contribution in [0.1, 0.15) is 12.8 Å². The molecule has 0 heterocycles. The number of nitrogens with zero attached hydrogens (tertiary/aromatic N) is 1. The van der Waals surface area contributed by atoms with E-state index in [-0.39, 0.29) is 12.5 Å². The lowest BCUT2D eigenvalue weighted by atomic mass is 10.3. The van der Waals surface area contributed by atoms with Gasteiger partial charge in [-0.2, -0.15) is 0 Å². The molecule has 0 unspecified atom stereocenters. The number of aliphatic hydroxyl groups excluding tert-OH is 1. The van der Waals surface area contributed by atoms with E-state index >= 15 is 0 Å². The lowest BCUT2D eigenvalue weighted by molar-refractivity contribution is -0.131. The van der Waals surface area contributed by atoms with Crippen LogP contribution >= 0.6 is 0 Å². The maximum Gasteiger partial charge on any atom is 0.223 e. The number of hydrogen-bond donors (Lipinski definition) is 1. The van der Waals surface area contributed by atoms with E-state index in [1.165, 1.54) is 0 Å². The van der Waals surface area contributed by atoms with Crippen molar-refractivity contribution in [3.63, 3.8) is 0 Å². The van der Waals surface area contributed by atoms with Crippen molar-refractivity contribution in [1.29, 1.82) is 0 Å². The first kappa shape index (κ1) is 13.1. The van der Waals surface area contributed by atoms with Gasteiger partial charge in [0, 0.05) is 33.2 Å². The Bertz CT molecular complexity index is 171. The maximum atomic E-state index is 11.5. The van der Waals surface area contributed by atoms with Crippen molar-refractivity contribution in [1.82, 2.24) is 4.90 Å². The van der Waals surface area contributed by atoms with E-state index in [0.717, 1.165) is 0 Å². The van der Waals surface area contributed by atoms with E-state index in [9.17, 15) is 4.79 Å². The largest absolute Gasteiger partial charge is 0.396 e. The fourth-order valence-electron chi connectivity index (χ4n) is 1.06. The minimum absolute atomic E-state index is 0.0380. The summed E-state index contributed by atoms with van der Waals surface area (Å²) in [5, 5.41) is 8.59. The van der Waals surface area contributed by atoms with Crippen molar-refractivity contribution in [3.05, 3.63) is 12.7 Å². The van der Waals surface area contributed by atoms with Gasteiger partial charge in [0.05, 0.1) is 6.61 Å². The molecule has 0 aromatic carbocycles. The number of carbonyl (C=O) groups excluding carboxylic acids is 1. The average Bonchev–Trinajstić information content (AvgIpc) is 2.20. The zero-order valence-corrected chi connectivity index (χ0v) is 8.74. The lowest BCUT2D eigenvalue weighted by Gasteiger charge is -2.20. The summed E-state index contributed by atoms with van der Waals surface area (Å²) in [6.45, 7) is 5.28. The fraction of sp³-hybridized carbons (Fsp3) is 0.700. The number of ether oxygens (including phenoxy) is 1. The Morgan fingerprint density at radius 3 is 2.86 bits per heavy atom. The molecule has 0 aliphatic heterocycles. The third-order valence-electron chi connectivity index (χ3n) is 1.82. The van der Waals surface area contributed by atoms with Gasteiger partial charge >= 0.3 is 0 Å². The highest BCUT2D eigenvalue weighted by atomic mass is 16.5. The first-order valence-electron chi connectivity index (χ1n) is 4.74. The Morgan fingerprint density at radius 2 is 2.36 bits per heavy atom. The summed E-state index contributed by atoms with van der Waals surface area (Å²) in [6.07, 6.45) is 2.58. The van der Waals surface area contributed by atoms with Crippen LogP contribution in [0.25, 0.3) is 0 Å². The van der Waals surface area contributed by atoms with Gasteiger partial charge in [-0.05, 0) is 6.42 Å². The van der Waals surface area contributed by atoms with Gasteiger partial charge in [0.25, 0.3) is 0 Å². The van der Waals surface area contributed by atoms with Gasteiger partial charge in [-0.3, -0.25) is 4.79 Å².